The molecule has 1 unspecified atom stereocenters. The fourth-order valence-corrected chi connectivity index (χ4v) is 2.12. The van der Waals surface area contributed by atoms with E-state index in [9.17, 15) is 18.5 Å². The number of nitrogens with zero attached hydrogens (tertiary/aromatic N) is 1. The molecule has 0 bridgehead atoms. The van der Waals surface area contributed by atoms with Crippen LogP contribution in [0.4, 0.5) is 0 Å². The second-order valence-corrected chi connectivity index (χ2v) is 7.55. The highest BCUT2D eigenvalue weighted by Gasteiger charge is 2.42. The minimum Gasteiger partial charge on any atom is -0.497 e. The number of carbonyl (C=O) groups is 1. The van der Waals surface area contributed by atoms with Gasteiger partial charge in [-0.05, 0) is 31.5 Å². The van der Waals surface area contributed by atoms with E-state index < -0.39 is 26.3 Å². The fraction of sp³-hybridized carbons (Fsp3) is 0.429. The summed E-state index contributed by atoms with van der Waals surface area (Å²) in [7, 11) is -2.14. The Labute approximate surface area is 119 Å². The Morgan fingerprint density at radius 3 is 2.45 bits per heavy atom. The molecule has 0 aliphatic heterocycles. The van der Waals surface area contributed by atoms with Gasteiger partial charge in [0.1, 0.15) is 16.4 Å². The standard InChI is InChI=1S/C14H17NO4S/c1-14(2,20(4,17)18)13(16)12(9-15)10-6-5-7-11(8-10)19-3/h5-8,12H,1-4H3. The molecule has 1 atom stereocenters. The highest BCUT2D eigenvalue weighted by Crippen LogP contribution is 2.28. The zero-order chi connectivity index (χ0) is 15.6. The maximum absolute atomic E-state index is 12.4. The third-order valence-electron chi connectivity index (χ3n) is 3.34. The van der Waals surface area contributed by atoms with Gasteiger partial charge in [0.25, 0.3) is 0 Å². The predicted octanol–water partition coefficient (Wildman–Crippen LogP) is 1.69. The largest absolute Gasteiger partial charge is 0.497 e. The Bertz CT molecular complexity index is 656. The van der Waals surface area contributed by atoms with Crippen LogP contribution in [-0.2, 0) is 14.6 Å². The second-order valence-electron chi connectivity index (χ2n) is 4.99. The number of hydrogen-bond acceptors (Lipinski definition) is 5. The second kappa shape index (κ2) is 5.63. The number of hydrogen-bond donors (Lipinski definition) is 0. The zero-order valence-corrected chi connectivity index (χ0v) is 12.7. The van der Waals surface area contributed by atoms with Crippen LogP contribution in [0.15, 0.2) is 24.3 Å². The van der Waals surface area contributed by atoms with Gasteiger partial charge in [-0.15, -0.1) is 0 Å². The van der Waals surface area contributed by atoms with Gasteiger partial charge in [-0.1, -0.05) is 12.1 Å². The van der Waals surface area contributed by atoms with Gasteiger partial charge in [-0.3, -0.25) is 4.79 Å². The zero-order valence-electron chi connectivity index (χ0n) is 11.9. The Morgan fingerprint density at radius 1 is 1.40 bits per heavy atom. The maximum atomic E-state index is 12.4. The first-order valence-electron chi connectivity index (χ1n) is 5.92. The highest BCUT2D eigenvalue weighted by molar-refractivity contribution is 7.92. The van der Waals surface area contributed by atoms with E-state index in [2.05, 4.69) is 0 Å². The van der Waals surface area contributed by atoms with Crippen LogP contribution in [0.5, 0.6) is 5.75 Å². The van der Waals surface area contributed by atoms with Crippen molar-refractivity contribution in [3.05, 3.63) is 29.8 Å². The molecule has 0 fully saturated rings. The lowest BCUT2D eigenvalue weighted by atomic mass is 9.89. The van der Waals surface area contributed by atoms with Crippen LogP contribution >= 0.6 is 0 Å². The van der Waals surface area contributed by atoms with Crippen LogP contribution in [-0.4, -0.2) is 32.3 Å². The third kappa shape index (κ3) is 2.99. The summed E-state index contributed by atoms with van der Waals surface area (Å²) in [4.78, 5) is 12.4. The van der Waals surface area contributed by atoms with Gasteiger partial charge < -0.3 is 4.74 Å². The van der Waals surface area contributed by atoms with E-state index >= 15 is 0 Å². The monoisotopic (exact) mass is 295 g/mol. The Balaban J connectivity index is 3.27. The van der Waals surface area contributed by atoms with E-state index in [-0.39, 0.29) is 0 Å². The molecule has 20 heavy (non-hydrogen) atoms. The number of nitriles is 1. The summed E-state index contributed by atoms with van der Waals surface area (Å²) in [6.07, 6.45) is 0.991. The van der Waals surface area contributed by atoms with Crippen molar-refractivity contribution in [2.75, 3.05) is 13.4 Å². The maximum Gasteiger partial charge on any atom is 0.175 e. The molecule has 0 aliphatic rings. The molecule has 0 N–H and O–H groups in total. The van der Waals surface area contributed by atoms with E-state index in [1.54, 1.807) is 24.3 Å². The number of ether oxygens (including phenoxy) is 1. The summed E-state index contributed by atoms with van der Waals surface area (Å²) in [5, 5.41) is 9.24. The molecule has 0 saturated heterocycles. The summed E-state index contributed by atoms with van der Waals surface area (Å²) in [5.41, 5.74) is 0.425. The van der Waals surface area contributed by atoms with Crippen LogP contribution in [0, 0.1) is 11.3 Å². The lowest BCUT2D eigenvalue weighted by Crippen LogP contribution is -2.42. The smallest absolute Gasteiger partial charge is 0.175 e. The summed E-state index contributed by atoms with van der Waals surface area (Å²) < 4.78 is 26.9. The van der Waals surface area contributed by atoms with Crippen molar-refractivity contribution in [3.63, 3.8) is 0 Å². The van der Waals surface area contributed by atoms with Gasteiger partial charge in [0, 0.05) is 6.26 Å². The van der Waals surface area contributed by atoms with Crippen molar-refractivity contribution in [3.8, 4) is 11.8 Å². The number of Topliss-reactive ketones (excluding diaryl/α,β-unsaturated/α-hetero) is 1. The van der Waals surface area contributed by atoms with Crippen molar-refractivity contribution in [2.24, 2.45) is 0 Å². The van der Waals surface area contributed by atoms with Crippen LogP contribution in [0.25, 0.3) is 0 Å². The van der Waals surface area contributed by atoms with Crippen molar-refractivity contribution in [1.82, 2.24) is 0 Å². The first-order chi connectivity index (χ1) is 9.15. The van der Waals surface area contributed by atoms with Crippen molar-refractivity contribution < 1.29 is 17.9 Å². The van der Waals surface area contributed by atoms with Crippen molar-refractivity contribution in [2.45, 2.75) is 24.5 Å². The van der Waals surface area contributed by atoms with Gasteiger partial charge in [-0.2, -0.15) is 5.26 Å². The van der Waals surface area contributed by atoms with Crippen LogP contribution in [0.1, 0.15) is 25.3 Å². The lowest BCUT2D eigenvalue weighted by molar-refractivity contribution is -0.121. The highest BCUT2D eigenvalue weighted by atomic mass is 32.2. The van der Waals surface area contributed by atoms with E-state index in [4.69, 9.17) is 4.74 Å². The third-order valence-corrected chi connectivity index (χ3v) is 5.39. The van der Waals surface area contributed by atoms with Gasteiger partial charge in [0.2, 0.25) is 0 Å². The molecule has 1 aromatic rings. The van der Waals surface area contributed by atoms with E-state index in [0.717, 1.165) is 6.26 Å². The van der Waals surface area contributed by atoms with E-state index in [0.29, 0.717) is 11.3 Å². The molecule has 0 spiro atoms. The Kier molecular flexibility index (Phi) is 4.56. The Hall–Kier alpha value is -1.87. The number of ketones is 1. The van der Waals surface area contributed by atoms with Crippen molar-refractivity contribution in [1.29, 1.82) is 5.26 Å². The molecule has 0 saturated carbocycles. The molecule has 0 radical (unpaired) electrons. The molecule has 6 heteroatoms. The Morgan fingerprint density at radius 2 is 2.00 bits per heavy atom. The molecule has 0 heterocycles. The van der Waals surface area contributed by atoms with Crippen molar-refractivity contribution >= 4 is 15.6 Å². The van der Waals surface area contributed by atoms with E-state index in [1.807, 2.05) is 6.07 Å². The summed E-state index contributed by atoms with van der Waals surface area (Å²) >= 11 is 0. The average Bonchev–Trinajstić information content (AvgIpc) is 2.38. The van der Waals surface area contributed by atoms with Gasteiger partial charge in [0.05, 0.1) is 13.2 Å². The molecule has 1 rings (SSSR count). The first kappa shape index (κ1) is 16.2. The summed E-state index contributed by atoms with van der Waals surface area (Å²) in [5.74, 6) is -1.28. The molecular formula is C14H17NO4S. The van der Waals surface area contributed by atoms with Gasteiger partial charge >= 0.3 is 0 Å². The van der Waals surface area contributed by atoms with Crippen LogP contribution < -0.4 is 4.74 Å². The molecular weight excluding hydrogens is 278 g/mol. The lowest BCUT2D eigenvalue weighted by Gasteiger charge is -2.23. The number of sulfone groups is 1. The normalized spacial score (nSPS) is 13.3. The number of carbonyl (C=O) groups excluding carboxylic acids is 1. The molecule has 0 amide bonds. The SMILES string of the molecule is COc1cccc(C(C#N)C(=O)C(C)(C)S(C)(=O)=O)c1. The first-order valence-corrected chi connectivity index (χ1v) is 7.81. The number of benzene rings is 1. The molecule has 5 nitrogen and oxygen atoms in total. The average molecular weight is 295 g/mol. The molecule has 0 aromatic heterocycles. The summed E-state index contributed by atoms with van der Waals surface area (Å²) in [6, 6.07) is 8.38. The minimum atomic E-state index is -3.61. The number of methoxy groups -OCH3 is 1. The molecule has 108 valence electrons. The summed E-state index contributed by atoms with van der Waals surface area (Å²) in [6.45, 7) is 2.63. The molecule has 1 aromatic carbocycles. The van der Waals surface area contributed by atoms with Crippen LogP contribution in [0.2, 0.25) is 0 Å². The van der Waals surface area contributed by atoms with Crippen LogP contribution in [0.3, 0.4) is 0 Å². The van der Waals surface area contributed by atoms with Gasteiger partial charge in [0.15, 0.2) is 15.6 Å². The van der Waals surface area contributed by atoms with Gasteiger partial charge in [-0.25, -0.2) is 8.42 Å². The topological polar surface area (TPSA) is 84.2 Å². The minimum absolute atomic E-state index is 0.425. The quantitative estimate of drug-likeness (QED) is 0.825. The number of rotatable bonds is 5. The van der Waals surface area contributed by atoms with E-state index in [1.165, 1.54) is 21.0 Å². The predicted molar refractivity (Wildman–Crippen MR) is 75.3 cm³/mol. The molecule has 0 aliphatic carbocycles. The fourth-order valence-electron chi connectivity index (χ4n) is 1.64.